The first-order chi connectivity index (χ1) is 13.3. The summed E-state index contributed by atoms with van der Waals surface area (Å²) in [4.78, 5) is 7.55. The summed E-state index contributed by atoms with van der Waals surface area (Å²) in [6.45, 7) is 0. The van der Waals surface area contributed by atoms with Crippen LogP contribution in [0.2, 0.25) is 5.02 Å². The summed E-state index contributed by atoms with van der Waals surface area (Å²) < 4.78 is 5.30. The number of hydrogen-bond donors (Lipinski definition) is 0. The van der Waals surface area contributed by atoms with Crippen LogP contribution in [0.3, 0.4) is 0 Å². The number of halogens is 1. The fraction of sp³-hybridized carbons (Fsp3) is 0.174. The van der Waals surface area contributed by atoms with Gasteiger partial charge in [-0.05, 0) is 53.1 Å². The Morgan fingerprint density at radius 3 is 2.19 bits per heavy atom. The number of fused-ring (bicyclic) bond motifs is 1. The Labute approximate surface area is 163 Å². The molecule has 5 rings (SSSR count). The Balaban J connectivity index is 1.54. The van der Waals surface area contributed by atoms with E-state index in [0.717, 1.165) is 22.0 Å². The van der Waals surface area contributed by atoms with Gasteiger partial charge in [-0.2, -0.15) is 0 Å². The summed E-state index contributed by atoms with van der Waals surface area (Å²) in [6.07, 6.45) is 0.0228. The van der Waals surface area contributed by atoms with Crippen LogP contribution in [-0.2, 0) is 0 Å². The molecule has 2 aliphatic rings. The lowest BCUT2D eigenvalue weighted by atomic mass is 10.0. The monoisotopic (exact) mass is 374 g/mol. The van der Waals surface area contributed by atoms with Gasteiger partial charge in [-0.15, -0.1) is 0 Å². The normalized spacial score (nSPS) is 25.6. The van der Waals surface area contributed by atoms with Crippen LogP contribution in [-0.4, -0.2) is 23.8 Å². The zero-order valence-electron chi connectivity index (χ0n) is 14.9. The number of aliphatic imine (C=N–C) groups is 1. The fourth-order valence-corrected chi connectivity index (χ4v) is 4.14. The van der Waals surface area contributed by atoms with Crippen LogP contribution in [0.15, 0.2) is 83.9 Å². The molecule has 1 unspecified atom stereocenters. The van der Waals surface area contributed by atoms with Gasteiger partial charge in [0, 0.05) is 5.02 Å². The second-order valence-electron chi connectivity index (χ2n) is 6.92. The quantitative estimate of drug-likeness (QED) is 0.580. The minimum Gasteiger partial charge on any atom is -0.497 e. The van der Waals surface area contributed by atoms with Crippen molar-refractivity contribution in [2.75, 3.05) is 7.11 Å². The van der Waals surface area contributed by atoms with Gasteiger partial charge in [-0.1, -0.05) is 54.1 Å². The highest BCUT2D eigenvalue weighted by atomic mass is 35.5. The number of rotatable bonds is 4. The molecule has 0 spiro atoms. The fourth-order valence-electron chi connectivity index (χ4n) is 4.01. The lowest BCUT2D eigenvalue weighted by Gasteiger charge is -2.14. The number of methoxy groups -OCH3 is 1. The maximum Gasteiger partial charge on any atom is 0.129 e. The standard InChI is InChI=1S/C23H19ClN2O/c1-27-19-13-9-15(10-14-19)20-22-21(16-5-3-2-4-6-16)26(22)23(25-20)17-7-11-18(24)12-8-17/h2-14,21-23H,1H3/t21-,22-,23+,26?/m1/s1. The van der Waals surface area contributed by atoms with E-state index in [9.17, 15) is 0 Å². The Hall–Kier alpha value is -2.62. The average molecular weight is 375 g/mol. The third kappa shape index (κ3) is 2.84. The molecule has 4 heteroatoms. The predicted molar refractivity (Wildman–Crippen MR) is 109 cm³/mol. The molecule has 0 saturated carbocycles. The number of benzene rings is 3. The third-order valence-corrected chi connectivity index (χ3v) is 5.62. The van der Waals surface area contributed by atoms with E-state index < -0.39 is 0 Å². The molecule has 0 amide bonds. The van der Waals surface area contributed by atoms with E-state index in [1.54, 1.807) is 7.11 Å². The molecule has 0 aliphatic carbocycles. The zero-order chi connectivity index (χ0) is 18.4. The second-order valence-corrected chi connectivity index (χ2v) is 7.35. The average Bonchev–Trinajstić information content (AvgIpc) is 3.34. The van der Waals surface area contributed by atoms with Crippen LogP contribution in [0.4, 0.5) is 0 Å². The van der Waals surface area contributed by atoms with Crippen molar-refractivity contribution in [3.63, 3.8) is 0 Å². The number of hydrogen-bond acceptors (Lipinski definition) is 3. The van der Waals surface area contributed by atoms with Gasteiger partial charge < -0.3 is 4.74 Å². The molecule has 27 heavy (non-hydrogen) atoms. The van der Waals surface area contributed by atoms with Gasteiger partial charge in [0.15, 0.2) is 0 Å². The Kier molecular flexibility index (Phi) is 4.00. The van der Waals surface area contributed by atoms with Gasteiger partial charge in [0.2, 0.25) is 0 Å². The molecular formula is C23H19ClN2O. The molecule has 2 heterocycles. The molecule has 3 aromatic carbocycles. The highest BCUT2D eigenvalue weighted by molar-refractivity contribution is 6.30. The number of nitrogens with zero attached hydrogens (tertiary/aromatic N) is 2. The number of ether oxygens (including phenoxy) is 1. The lowest BCUT2D eigenvalue weighted by Crippen LogP contribution is -2.08. The summed E-state index contributed by atoms with van der Waals surface area (Å²) in [5.41, 5.74) is 4.81. The van der Waals surface area contributed by atoms with Crippen molar-refractivity contribution in [1.82, 2.24) is 4.90 Å². The van der Waals surface area contributed by atoms with E-state index in [4.69, 9.17) is 21.3 Å². The van der Waals surface area contributed by atoms with Crippen LogP contribution in [0.1, 0.15) is 28.9 Å². The molecule has 0 N–H and O–H groups in total. The van der Waals surface area contributed by atoms with E-state index in [1.165, 1.54) is 11.1 Å². The first-order valence-corrected chi connectivity index (χ1v) is 9.44. The summed E-state index contributed by atoms with van der Waals surface area (Å²) in [5, 5.41) is 0.748. The molecule has 134 valence electrons. The molecule has 4 atom stereocenters. The van der Waals surface area contributed by atoms with E-state index in [1.807, 2.05) is 24.3 Å². The highest BCUT2D eigenvalue weighted by Gasteiger charge is 2.59. The Morgan fingerprint density at radius 1 is 0.815 bits per heavy atom. The molecule has 0 aromatic heterocycles. The molecule has 1 saturated heterocycles. The summed E-state index contributed by atoms with van der Waals surface area (Å²) in [6, 6.07) is 27.6. The largest absolute Gasteiger partial charge is 0.497 e. The first kappa shape index (κ1) is 16.5. The van der Waals surface area contributed by atoms with Crippen molar-refractivity contribution in [3.8, 4) is 5.75 Å². The third-order valence-electron chi connectivity index (χ3n) is 5.37. The van der Waals surface area contributed by atoms with Gasteiger partial charge in [-0.3, -0.25) is 9.89 Å². The maximum absolute atomic E-state index is 6.08. The molecule has 3 nitrogen and oxygen atoms in total. The van der Waals surface area contributed by atoms with Crippen LogP contribution in [0.5, 0.6) is 5.75 Å². The van der Waals surface area contributed by atoms with Gasteiger partial charge in [0.05, 0.1) is 24.9 Å². The predicted octanol–water partition coefficient (Wildman–Crippen LogP) is 5.28. The van der Waals surface area contributed by atoms with Crippen LogP contribution in [0, 0.1) is 0 Å². The van der Waals surface area contributed by atoms with Crippen molar-refractivity contribution in [2.45, 2.75) is 18.2 Å². The molecule has 1 fully saturated rings. The zero-order valence-corrected chi connectivity index (χ0v) is 15.7. The molecule has 3 aromatic rings. The smallest absolute Gasteiger partial charge is 0.129 e. The van der Waals surface area contributed by atoms with Gasteiger partial charge in [0.25, 0.3) is 0 Å². The SMILES string of the molecule is COc1ccc(C2=N[C@H](c3ccc(Cl)cc3)N3[C@H]2[C@H]3c2ccccc2)cc1. The molecule has 2 aliphatic heterocycles. The minimum atomic E-state index is 0.0228. The lowest BCUT2D eigenvalue weighted by molar-refractivity contribution is 0.404. The van der Waals surface area contributed by atoms with Gasteiger partial charge in [0.1, 0.15) is 11.9 Å². The summed E-state index contributed by atoms with van der Waals surface area (Å²) in [7, 11) is 1.69. The van der Waals surface area contributed by atoms with E-state index in [-0.39, 0.29) is 6.17 Å². The van der Waals surface area contributed by atoms with Gasteiger partial charge >= 0.3 is 0 Å². The van der Waals surface area contributed by atoms with Crippen molar-refractivity contribution < 1.29 is 4.74 Å². The van der Waals surface area contributed by atoms with Crippen LogP contribution >= 0.6 is 11.6 Å². The molecular weight excluding hydrogens is 356 g/mol. The van der Waals surface area contributed by atoms with E-state index >= 15 is 0 Å². The molecule has 0 bridgehead atoms. The molecule has 0 radical (unpaired) electrons. The van der Waals surface area contributed by atoms with Crippen molar-refractivity contribution in [3.05, 3.63) is 101 Å². The van der Waals surface area contributed by atoms with Crippen LogP contribution in [0.25, 0.3) is 0 Å². The highest BCUT2D eigenvalue weighted by Crippen LogP contribution is 2.55. The maximum atomic E-state index is 6.08. The second kappa shape index (κ2) is 6.52. The topological polar surface area (TPSA) is 24.6 Å². The first-order valence-electron chi connectivity index (χ1n) is 9.06. The minimum absolute atomic E-state index is 0.0228. The van der Waals surface area contributed by atoms with E-state index in [2.05, 4.69) is 59.5 Å². The Morgan fingerprint density at radius 2 is 1.52 bits per heavy atom. The summed E-state index contributed by atoms with van der Waals surface area (Å²) >= 11 is 6.08. The van der Waals surface area contributed by atoms with Crippen LogP contribution < -0.4 is 4.74 Å². The van der Waals surface area contributed by atoms with E-state index in [0.29, 0.717) is 12.1 Å². The summed E-state index contributed by atoms with van der Waals surface area (Å²) in [5.74, 6) is 0.860. The van der Waals surface area contributed by atoms with Gasteiger partial charge in [-0.25, -0.2) is 0 Å². The van der Waals surface area contributed by atoms with Crippen molar-refractivity contribution >= 4 is 17.3 Å². The van der Waals surface area contributed by atoms with Crippen molar-refractivity contribution in [1.29, 1.82) is 0 Å². The Bertz CT molecular complexity index is 983. The van der Waals surface area contributed by atoms with Crippen molar-refractivity contribution in [2.24, 2.45) is 4.99 Å².